The molecule has 8 heteroatoms. The van der Waals surface area contributed by atoms with E-state index in [-0.39, 0.29) is 17.7 Å². The second kappa shape index (κ2) is 8.88. The highest BCUT2D eigenvalue weighted by atomic mass is 32.1. The van der Waals surface area contributed by atoms with Gasteiger partial charge in [-0.25, -0.2) is 9.67 Å². The summed E-state index contributed by atoms with van der Waals surface area (Å²) in [5.41, 5.74) is 2.92. The van der Waals surface area contributed by atoms with Gasteiger partial charge in [-0.15, -0.1) is 11.3 Å². The molecule has 0 aliphatic rings. The lowest BCUT2D eigenvalue weighted by Crippen LogP contribution is -2.29. The van der Waals surface area contributed by atoms with Crippen molar-refractivity contribution in [3.8, 4) is 28.1 Å². The third-order valence-corrected chi connectivity index (χ3v) is 5.57. The van der Waals surface area contributed by atoms with Gasteiger partial charge in [0, 0.05) is 10.9 Å². The topological polar surface area (TPSA) is 90.0 Å². The maximum absolute atomic E-state index is 12.7. The number of thiazole rings is 1. The maximum Gasteiger partial charge on any atom is 0.285 e. The minimum absolute atomic E-state index is 0.176. The molecular weight excluding hydrogens is 388 g/mol. The van der Waals surface area contributed by atoms with Crippen LogP contribution in [0.1, 0.15) is 36.4 Å². The normalized spacial score (nSPS) is 10.6. The molecule has 0 bridgehead atoms. The van der Waals surface area contributed by atoms with Crippen LogP contribution in [-0.4, -0.2) is 29.0 Å². The van der Waals surface area contributed by atoms with Crippen molar-refractivity contribution in [2.75, 3.05) is 14.2 Å². The summed E-state index contributed by atoms with van der Waals surface area (Å²) in [7, 11) is 3.18. The molecule has 1 aromatic carbocycles. The summed E-state index contributed by atoms with van der Waals surface area (Å²) >= 11 is 1.47. The van der Waals surface area contributed by atoms with Gasteiger partial charge in [0.2, 0.25) is 0 Å². The van der Waals surface area contributed by atoms with E-state index in [2.05, 4.69) is 16.2 Å². The molecular formula is C21H22N4O3S. The van der Waals surface area contributed by atoms with Crippen LogP contribution in [0.5, 0.6) is 11.5 Å². The average Bonchev–Trinajstić information content (AvgIpc) is 3.22. The Morgan fingerprint density at radius 1 is 1.17 bits per heavy atom. The fraction of sp³-hybridized carbons (Fsp3) is 0.333. The lowest BCUT2D eigenvalue weighted by molar-refractivity contribution is 0.355. The van der Waals surface area contributed by atoms with Crippen LogP contribution in [-0.2, 0) is 19.4 Å². The van der Waals surface area contributed by atoms with Crippen LogP contribution in [0.3, 0.4) is 0 Å². The Bertz CT molecular complexity index is 1130. The maximum atomic E-state index is 12.7. The van der Waals surface area contributed by atoms with E-state index >= 15 is 0 Å². The van der Waals surface area contributed by atoms with Crippen molar-refractivity contribution in [3.63, 3.8) is 0 Å². The second-order valence-electron chi connectivity index (χ2n) is 6.30. The first kappa shape index (κ1) is 20.6. The predicted octanol–water partition coefficient (Wildman–Crippen LogP) is 3.43. The SMILES string of the molecule is CCc1nn(Cc2csc(-c3ccc(OC)c(OC)c3)n2)c(=O)c(C#N)c1CC. The van der Waals surface area contributed by atoms with Crippen molar-refractivity contribution in [2.24, 2.45) is 0 Å². The summed E-state index contributed by atoms with van der Waals surface area (Å²) in [6, 6.07) is 7.66. The van der Waals surface area contributed by atoms with Gasteiger partial charge >= 0.3 is 0 Å². The summed E-state index contributed by atoms with van der Waals surface area (Å²) in [6.07, 6.45) is 1.27. The molecule has 0 radical (unpaired) electrons. The number of benzene rings is 1. The Kier molecular flexibility index (Phi) is 6.29. The molecule has 2 heterocycles. The third-order valence-electron chi connectivity index (χ3n) is 4.63. The molecule has 0 amide bonds. The largest absolute Gasteiger partial charge is 0.493 e. The molecule has 0 aliphatic carbocycles. The monoisotopic (exact) mass is 410 g/mol. The fourth-order valence-corrected chi connectivity index (χ4v) is 3.98. The standard InChI is InChI=1S/C21H22N4O3S/c1-5-15-16(10-22)21(26)25(24-17(15)6-2)11-14-12-29-20(23-14)13-7-8-18(27-3)19(9-13)28-4/h7-9,12H,5-6,11H2,1-4H3. The lowest BCUT2D eigenvalue weighted by atomic mass is 10.0. The van der Waals surface area contributed by atoms with E-state index in [4.69, 9.17) is 9.47 Å². The van der Waals surface area contributed by atoms with Crippen molar-refractivity contribution < 1.29 is 9.47 Å². The van der Waals surface area contributed by atoms with Gasteiger partial charge < -0.3 is 9.47 Å². The number of nitriles is 1. The lowest BCUT2D eigenvalue weighted by Gasteiger charge is -2.11. The van der Waals surface area contributed by atoms with Crippen LogP contribution < -0.4 is 15.0 Å². The van der Waals surface area contributed by atoms with Crippen molar-refractivity contribution >= 4 is 11.3 Å². The van der Waals surface area contributed by atoms with E-state index in [1.54, 1.807) is 14.2 Å². The Labute approximate surface area is 173 Å². The smallest absolute Gasteiger partial charge is 0.285 e. The molecule has 0 unspecified atom stereocenters. The Balaban J connectivity index is 1.95. The number of methoxy groups -OCH3 is 2. The molecule has 0 atom stereocenters. The Morgan fingerprint density at radius 3 is 2.55 bits per heavy atom. The number of nitrogens with zero attached hydrogens (tertiary/aromatic N) is 4. The van der Waals surface area contributed by atoms with Crippen LogP contribution in [0.25, 0.3) is 10.6 Å². The molecule has 7 nitrogen and oxygen atoms in total. The highest BCUT2D eigenvalue weighted by Gasteiger charge is 2.16. The van der Waals surface area contributed by atoms with Gasteiger partial charge in [-0.3, -0.25) is 4.79 Å². The molecule has 150 valence electrons. The molecule has 0 N–H and O–H groups in total. The zero-order chi connectivity index (χ0) is 21.0. The highest BCUT2D eigenvalue weighted by Crippen LogP contribution is 2.33. The molecule has 2 aromatic heterocycles. The average molecular weight is 410 g/mol. The zero-order valence-corrected chi connectivity index (χ0v) is 17.7. The summed E-state index contributed by atoms with van der Waals surface area (Å²) in [6.45, 7) is 4.11. The van der Waals surface area contributed by atoms with E-state index in [0.29, 0.717) is 30.0 Å². The van der Waals surface area contributed by atoms with E-state index in [1.165, 1.54) is 16.0 Å². The van der Waals surface area contributed by atoms with Crippen molar-refractivity contribution in [2.45, 2.75) is 33.2 Å². The van der Waals surface area contributed by atoms with Gasteiger partial charge in [0.05, 0.1) is 32.2 Å². The van der Waals surface area contributed by atoms with Crippen molar-refractivity contribution in [1.29, 1.82) is 5.26 Å². The number of aryl methyl sites for hydroxylation is 1. The van der Waals surface area contributed by atoms with E-state index in [0.717, 1.165) is 21.8 Å². The quantitative estimate of drug-likeness (QED) is 0.593. The second-order valence-corrected chi connectivity index (χ2v) is 7.15. The van der Waals surface area contributed by atoms with Crippen LogP contribution in [0.15, 0.2) is 28.4 Å². The molecule has 0 fully saturated rings. The van der Waals surface area contributed by atoms with E-state index < -0.39 is 0 Å². The number of rotatable bonds is 7. The van der Waals surface area contributed by atoms with E-state index in [1.807, 2.05) is 37.4 Å². The van der Waals surface area contributed by atoms with Gasteiger partial charge in [-0.2, -0.15) is 10.4 Å². The number of hydrogen-bond donors (Lipinski definition) is 0. The van der Waals surface area contributed by atoms with Gasteiger partial charge in [0.1, 0.15) is 16.6 Å². The molecule has 29 heavy (non-hydrogen) atoms. The van der Waals surface area contributed by atoms with Crippen LogP contribution in [0.4, 0.5) is 0 Å². The summed E-state index contributed by atoms with van der Waals surface area (Å²) < 4.78 is 12.0. The highest BCUT2D eigenvalue weighted by molar-refractivity contribution is 7.13. The number of hydrogen-bond acceptors (Lipinski definition) is 7. The minimum Gasteiger partial charge on any atom is -0.493 e. The van der Waals surface area contributed by atoms with Gasteiger partial charge in [0.25, 0.3) is 5.56 Å². The molecule has 0 aliphatic heterocycles. The fourth-order valence-electron chi connectivity index (χ4n) is 3.18. The molecule has 3 aromatic rings. The molecule has 0 saturated carbocycles. The zero-order valence-electron chi connectivity index (χ0n) is 16.9. The molecule has 0 spiro atoms. The van der Waals surface area contributed by atoms with Gasteiger partial charge in [-0.1, -0.05) is 13.8 Å². The van der Waals surface area contributed by atoms with Crippen molar-refractivity contribution in [3.05, 3.63) is 56.4 Å². The van der Waals surface area contributed by atoms with Crippen LogP contribution in [0.2, 0.25) is 0 Å². The number of ether oxygens (including phenoxy) is 2. The summed E-state index contributed by atoms with van der Waals surface area (Å²) in [4.78, 5) is 17.3. The molecule has 3 rings (SSSR count). The minimum atomic E-state index is -0.373. The summed E-state index contributed by atoms with van der Waals surface area (Å²) in [5.74, 6) is 1.27. The summed E-state index contributed by atoms with van der Waals surface area (Å²) in [5, 5.41) is 16.6. The van der Waals surface area contributed by atoms with E-state index in [9.17, 15) is 10.1 Å². The first-order chi connectivity index (χ1) is 14.1. The van der Waals surface area contributed by atoms with Gasteiger partial charge in [0.15, 0.2) is 11.5 Å². The van der Waals surface area contributed by atoms with Crippen LogP contribution in [0, 0.1) is 11.3 Å². The Hall–Kier alpha value is -3.18. The third kappa shape index (κ3) is 4.00. The first-order valence-electron chi connectivity index (χ1n) is 9.25. The molecule has 0 saturated heterocycles. The van der Waals surface area contributed by atoms with Gasteiger partial charge in [-0.05, 0) is 36.6 Å². The Morgan fingerprint density at radius 2 is 1.93 bits per heavy atom. The van der Waals surface area contributed by atoms with Crippen molar-refractivity contribution in [1.82, 2.24) is 14.8 Å². The predicted molar refractivity (Wildman–Crippen MR) is 112 cm³/mol. The van der Waals surface area contributed by atoms with Crippen LogP contribution >= 0.6 is 11.3 Å². The first-order valence-corrected chi connectivity index (χ1v) is 10.1. The number of aromatic nitrogens is 3.